The number of fused-ring (bicyclic) bond motifs is 3. The first-order chi connectivity index (χ1) is 11.3. The summed E-state index contributed by atoms with van der Waals surface area (Å²) in [7, 11) is 1.94. The highest BCUT2D eigenvalue weighted by Gasteiger charge is 2.41. The molecule has 3 fully saturated rings. The Kier molecular flexibility index (Phi) is 4.80. The topological polar surface area (TPSA) is 72.3 Å². The van der Waals surface area contributed by atoms with Crippen molar-refractivity contribution in [2.75, 3.05) is 13.1 Å². The quantitative estimate of drug-likeness (QED) is 0.910. The molecule has 0 radical (unpaired) electrons. The number of hydrogen-bond acceptors (Lipinski definition) is 5. The molecular weight excluding hydrogens is 306 g/mol. The number of rotatable bonds is 4. The molecule has 1 aromatic rings. The number of aryl methyl sites for hydroxylation is 1. The summed E-state index contributed by atoms with van der Waals surface area (Å²) in [5.74, 6) is 1.22. The van der Waals surface area contributed by atoms with Gasteiger partial charge in [0.1, 0.15) is 5.60 Å². The molecule has 2 bridgehead atoms. The molecule has 0 aromatic carbocycles. The van der Waals surface area contributed by atoms with E-state index in [2.05, 4.69) is 20.5 Å². The first kappa shape index (κ1) is 17.2. The van der Waals surface area contributed by atoms with Gasteiger partial charge in [0.2, 0.25) is 0 Å². The van der Waals surface area contributed by atoms with Crippen molar-refractivity contribution in [2.24, 2.45) is 18.9 Å². The third kappa shape index (κ3) is 4.06. The van der Waals surface area contributed by atoms with Gasteiger partial charge < -0.3 is 10.1 Å². The van der Waals surface area contributed by atoms with Crippen LogP contribution in [0.4, 0.5) is 4.79 Å². The molecule has 2 aliphatic heterocycles. The van der Waals surface area contributed by atoms with E-state index in [1.807, 2.05) is 38.7 Å². The van der Waals surface area contributed by atoms with Crippen LogP contribution in [0.1, 0.15) is 45.7 Å². The molecule has 3 aliphatic rings. The molecule has 24 heavy (non-hydrogen) atoms. The van der Waals surface area contributed by atoms with Crippen LogP contribution in [-0.4, -0.2) is 50.7 Å². The Morgan fingerprint density at radius 1 is 1.42 bits per heavy atom. The number of ether oxygens (including phenoxy) is 1. The van der Waals surface area contributed by atoms with Gasteiger partial charge in [0, 0.05) is 32.7 Å². The average Bonchev–Trinajstić information content (AvgIpc) is 2.89. The van der Waals surface area contributed by atoms with Gasteiger partial charge in [-0.2, -0.15) is 0 Å². The molecule has 0 spiro atoms. The summed E-state index contributed by atoms with van der Waals surface area (Å²) >= 11 is 0. The van der Waals surface area contributed by atoms with Crippen molar-refractivity contribution >= 4 is 6.09 Å². The summed E-state index contributed by atoms with van der Waals surface area (Å²) in [4.78, 5) is 14.5. The number of hydrogen-bond donors (Lipinski definition) is 1. The number of amides is 1. The molecule has 4 rings (SSSR count). The first-order valence-corrected chi connectivity index (χ1v) is 8.86. The first-order valence-electron chi connectivity index (χ1n) is 8.86. The van der Waals surface area contributed by atoms with Gasteiger partial charge in [-0.25, -0.2) is 4.79 Å². The van der Waals surface area contributed by atoms with Crippen LogP contribution in [-0.2, 0) is 18.3 Å². The van der Waals surface area contributed by atoms with Gasteiger partial charge in [0.25, 0.3) is 0 Å². The van der Waals surface area contributed by atoms with E-state index < -0.39 is 5.60 Å². The standard InChI is InChI=1S/C17H29N5O2/c1-17(2,3)24-16(23)18-8-13-7-12-5-6-15(13)22(10-12)11-14-9-19-20-21(14)4/h9,12-13,15H,5-8,10-11H2,1-4H3,(H,18,23). The predicted molar refractivity (Wildman–Crippen MR) is 90.3 cm³/mol. The molecule has 1 amide bonds. The van der Waals surface area contributed by atoms with Crippen molar-refractivity contribution in [3.8, 4) is 0 Å². The smallest absolute Gasteiger partial charge is 0.407 e. The molecule has 2 saturated heterocycles. The minimum Gasteiger partial charge on any atom is -0.444 e. The lowest BCUT2D eigenvalue weighted by Gasteiger charge is -2.50. The molecule has 3 atom stereocenters. The minimum absolute atomic E-state index is 0.314. The molecule has 7 nitrogen and oxygen atoms in total. The van der Waals surface area contributed by atoms with E-state index in [4.69, 9.17) is 4.74 Å². The fraction of sp³-hybridized carbons (Fsp3) is 0.824. The maximum Gasteiger partial charge on any atom is 0.407 e. The summed E-state index contributed by atoms with van der Waals surface area (Å²) < 4.78 is 7.20. The summed E-state index contributed by atoms with van der Waals surface area (Å²) in [5.41, 5.74) is 0.690. The number of piperidine rings is 2. The molecule has 1 aliphatic carbocycles. The van der Waals surface area contributed by atoms with Crippen LogP contribution in [0, 0.1) is 11.8 Å². The van der Waals surface area contributed by atoms with Gasteiger partial charge in [-0.1, -0.05) is 5.21 Å². The maximum atomic E-state index is 11.9. The van der Waals surface area contributed by atoms with Gasteiger partial charge in [-0.05, 0) is 51.9 Å². The van der Waals surface area contributed by atoms with Gasteiger partial charge >= 0.3 is 6.09 Å². The van der Waals surface area contributed by atoms with Gasteiger partial charge in [0.05, 0.1) is 11.9 Å². The number of alkyl carbamates (subject to hydrolysis) is 1. The second-order valence-corrected chi connectivity index (χ2v) is 8.17. The minimum atomic E-state index is -0.450. The third-order valence-electron chi connectivity index (χ3n) is 5.09. The van der Waals surface area contributed by atoms with E-state index in [1.165, 1.54) is 19.3 Å². The Labute approximate surface area is 143 Å². The Morgan fingerprint density at radius 2 is 2.21 bits per heavy atom. The number of carbonyl (C=O) groups excluding carboxylic acids is 1. The SMILES string of the molecule is Cn1nncc1CN1CC2CCC1C(CNC(=O)OC(C)(C)C)C2. The second kappa shape index (κ2) is 6.70. The van der Waals surface area contributed by atoms with Crippen molar-refractivity contribution in [1.29, 1.82) is 0 Å². The van der Waals surface area contributed by atoms with Crippen LogP contribution in [0.25, 0.3) is 0 Å². The third-order valence-corrected chi connectivity index (χ3v) is 5.09. The zero-order valence-corrected chi connectivity index (χ0v) is 15.2. The summed E-state index contributed by atoms with van der Waals surface area (Å²) in [5, 5.41) is 11.0. The number of nitrogens with one attached hydrogen (secondary N) is 1. The lowest BCUT2D eigenvalue weighted by molar-refractivity contribution is -0.00735. The second-order valence-electron chi connectivity index (χ2n) is 8.17. The van der Waals surface area contributed by atoms with Crippen molar-refractivity contribution in [3.63, 3.8) is 0 Å². The van der Waals surface area contributed by atoms with E-state index >= 15 is 0 Å². The van der Waals surface area contributed by atoms with Crippen molar-refractivity contribution in [1.82, 2.24) is 25.2 Å². The lowest BCUT2D eigenvalue weighted by Crippen LogP contribution is -2.55. The Morgan fingerprint density at radius 3 is 2.83 bits per heavy atom. The molecule has 3 unspecified atom stereocenters. The highest BCUT2D eigenvalue weighted by molar-refractivity contribution is 5.67. The van der Waals surface area contributed by atoms with Crippen LogP contribution >= 0.6 is 0 Å². The fourth-order valence-corrected chi connectivity index (χ4v) is 4.05. The molecular formula is C17H29N5O2. The highest BCUT2D eigenvalue weighted by atomic mass is 16.6. The fourth-order valence-electron chi connectivity index (χ4n) is 4.05. The van der Waals surface area contributed by atoms with E-state index in [0.717, 1.165) is 24.7 Å². The zero-order chi connectivity index (χ0) is 17.3. The van der Waals surface area contributed by atoms with Crippen LogP contribution in [0.3, 0.4) is 0 Å². The van der Waals surface area contributed by atoms with E-state index in [-0.39, 0.29) is 6.09 Å². The molecule has 1 N–H and O–H groups in total. The summed E-state index contributed by atoms with van der Waals surface area (Å²) in [6, 6.07) is 0.514. The van der Waals surface area contributed by atoms with Crippen molar-refractivity contribution in [3.05, 3.63) is 11.9 Å². The van der Waals surface area contributed by atoms with Gasteiger partial charge in [-0.3, -0.25) is 9.58 Å². The normalized spacial score (nSPS) is 27.2. The summed E-state index contributed by atoms with van der Waals surface area (Å²) in [6.45, 7) is 8.37. The largest absolute Gasteiger partial charge is 0.444 e. The van der Waals surface area contributed by atoms with Crippen LogP contribution in [0.15, 0.2) is 6.20 Å². The Balaban J connectivity index is 1.57. The van der Waals surface area contributed by atoms with Crippen molar-refractivity contribution in [2.45, 2.75) is 58.2 Å². The van der Waals surface area contributed by atoms with Crippen LogP contribution in [0.2, 0.25) is 0 Å². The molecule has 3 heterocycles. The Hall–Kier alpha value is -1.63. The summed E-state index contributed by atoms with van der Waals surface area (Å²) in [6.07, 6.45) is 5.23. The van der Waals surface area contributed by atoms with E-state index in [0.29, 0.717) is 18.5 Å². The number of nitrogens with zero attached hydrogens (tertiary/aromatic N) is 4. The van der Waals surface area contributed by atoms with Gasteiger partial charge in [0.15, 0.2) is 0 Å². The lowest BCUT2D eigenvalue weighted by atomic mass is 9.72. The van der Waals surface area contributed by atoms with Crippen molar-refractivity contribution < 1.29 is 9.53 Å². The average molecular weight is 335 g/mol. The molecule has 1 aromatic heterocycles. The zero-order valence-electron chi connectivity index (χ0n) is 15.2. The Bertz CT molecular complexity index is 580. The number of aromatic nitrogens is 3. The number of carbonyl (C=O) groups is 1. The molecule has 7 heteroatoms. The van der Waals surface area contributed by atoms with Crippen LogP contribution < -0.4 is 5.32 Å². The predicted octanol–water partition coefficient (Wildman–Crippen LogP) is 1.94. The highest BCUT2D eigenvalue weighted by Crippen LogP contribution is 2.39. The van der Waals surface area contributed by atoms with E-state index in [9.17, 15) is 4.79 Å². The van der Waals surface area contributed by atoms with Gasteiger partial charge in [-0.15, -0.1) is 5.10 Å². The van der Waals surface area contributed by atoms with Crippen LogP contribution in [0.5, 0.6) is 0 Å². The maximum absolute atomic E-state index is 11.9. The molecule has 1 saturated carbocycles. The molecule has 134 valence electrons. The van der Waals surface area contributed by atoms with E-state index in [1.54, 1.807) is 0 Å². The monoisotopic (exact) mass is 335 g/mol.